The Labute approximate surface area is 139 Å². The summed E-state index contributed by atoms with van der Waals surface area (Å²) in [6.45, 7) is 13.0. The van der Waals surface area contributed by atoms with Crippen LogP contribution in [-0.4, -0.2) is 8.32 Å². The topological polar surface area (TPSA) is 35.2 Å². The highest BCUT2D eigenvalue weighted by Gasteiger charge is 2.39. The van der Waals surface area contributed by atoms with Crippen molar-refractivity contribution in [2.24, 2.45) is 0 Å². The Balaban J connectivity index is 2.49. The number of rotatable bonds is 3. The molecule has 0 radical (unpaired) electrons. The van der Waals surface area contributed by atoms with Crippen LogP contribution in [0.4, 0.5) is 10.1 Å². The zero-order valence-electron chi connectivity index (χ0n) is 14.8. The van der Waals surface area contributed by atoms with E-state index in [1.807, 2.05) is 25.1 Å². The summed E-state index contributed by atoms with van der Waals surface area (Å²) < 4.78 is 20.6. The highest BCUT2D eigenvalue weighted by Crippen LogP contribution is 2.40. The molecule has 0 heterocycles. The van der Waals surface area contributed by atoms with Crippen molar-refractivity contribution in [1.82, 2.24) is 0 Å². The molecule has 2 nitrogen and oxygen atoms in total. The third-order valence-electron chi connectivity index (χ3n) is 4.74. The van der Waals surface area contributed by atoms with Crippen LogP contribution in [-0.2, 0) is 0 Å². The molecule has 0 spiro atoms. The van der Waals surface area contributed by atoms with E-state index in [0.717, 1.165) is 16.9 Å². The molecule has 0 aliphatic carbocycles. The predicted octanol–water partition coefficient (Wildman–Crippen LogP) is 5.77. The minimum absolute atomic E-state index is 0.109. The average molecular weight is 332 g/mol. The second kappa shape index (κ2) is 6.00. The van der Waals surface area contributed by atoms with E-state index in [0.29, 0.717) is 11.3 Å². The van der Waals surface area contributed by atoms with Crippen LogP contribution in [0, 0.1) is 12.7 Å². The number of halogens is 1. The quantitative estimate of drug-likeness (QED) is 0.572. The molecule has 0 bridgehead atoms. The lowest BCUT2D eigenvalue weighted by molar-refractivity contribution is 0.489. The number of nitrogen functional groups attached to an aromatic ring is 1. The van der Waals surface area contributed by atoms with Crippen LogP contribution < -0.4 is 10.2 Å². The first kappa shape index (κ1) is 17.5. The monoisotopic (exact) mass is 331 g/mol. The van der Waals surface area contributed by atoms with Gasteiger partial charge in [0.15, 0.2) is 0 Å². The fraction of sp³-hybridized carbons (Fsp3) is 0.368. The second-order valence-electron chi connectivity index (χ2n) is 7.53. The van der Waals surface area contributed by atoms with Gasteiger partial charge >= 0.3 is 0 Å². The van der Waals surface area contributed by atoms with Crippen LogP contribution >= 0.6 is 0 Å². The van der Waals surface area contributed by atoms with Crippen molar-refractivity contribution in [3.63, 3.8) is 0 Å². The molecule has 124 valence electrons. The fourth-order valence-corrected chi connectivity index (χ4v) is 3.27. The first-order valence-electron chi connectivity index (χ1n) is 7.87. The standard InChI is InChI=1S/C19H26FNOSi/c1-13-15(16-12-14(21)10-11-17(16)20)8-7-9-18(13)22-23(5,6)19(2,3)4/h7-12H,21H2,1-6H3. The third-order valence-corrected chi connectivity index (χ3v) is 9.08. The van der Waals surface area contributed by atoms with Crippen molar-refractivity contribution >= 4 is 14.0 Å². The number of nitrogens with two attached hydrogens (primary N) is 1. The van der Waals surface area contributed by atoms with E-state index in [4.69, 9.17) is 10.2 Å². The van der Waals surface area contributed by atoms with Gasteiger partial charge in [0.25, 0.3) is 0 Å². The Morgan fingerprint density at radius 3 is 2.30 bits per heavy atom. The van der Waals surface area contributed by atoms with E-state index in [9.17, 15) is 4.39 Å². The third kappa shape index (κ3) is 3.58. The highest BCUT2D eigenvalue weighted by molar-refractivity contribution is 6.74. The van der Waals surface area contributed by atoms with Gasteiger partial charge in [-0.1, -0.05) is 32.9 Å². The zero-order chi connectivity index (χ0) is 17.4. The smallest absolute Gasteiger partial charge is 0.250 e. The Kier molecular flexibility index (Phi) is 4.58. The van der Waals surface area contributed by atoms with Gasteiger partial charge in [-0.3, -0.25) is 0 Å². The van der Waals surface area contributed by atoms with Crippen molar-refractivity contribution in [3.05, 3.63) is 47.8 Å². The van der Waals surface area contributed by atoms with Gasteiger partial charge in [-0.2, -0.15) is 0 Å². The normalized spacial score (nSPS) is 12.3. The molecule has 4 heteroatoms. The maximum absolute atomic E-state index is 14.2. The van der Waals surface area contributed by atoms with Gasteiger partial charge in [0.05, 0.1) is 0 Å². The van der Waals surface area contributed by atoms with Gasteiger partial charge in [-0.25, -0.2) is 4.39 Å². The van der Waals surface area contributed by atoms with Crippen LogP contribution in [0.15, 0.2) is 36.4 Å². The molecule has 0 amide bonds. The average Bonchev–Trinajstić information content (AvgIpc) is 2.43. The Bertz CT molecular complexity index is 720. The summed E-state index contributed by atoms with van der Waals surface area (Å²) in [7, 11) is -1.94. The van der Waals surface area contributed by atoms with Crippen LogP contribution in [0.2, 0.25) is 18.1 Å². The Hall–Kier alpha value is -1.81. The first-order valence-corrected chi connectivity index (χ1v) is 10.8. The summed E-state index contributed by atoms with van der Waals surface area (Å²) in [5, 5.41) is 0.109. The molecule has 0 aromatic heterocycles. The summed E-state index contributed by atoms with van der Waals surface area (Å²) in [6.07, 6.45) is 0. The van der Waals surface area contributed by atoms with Crippen molar-refractivity contribution in [2.45, 2.75) is 45.8 Å². The second-order valence-corrected chi connectivity index (χ2v) is 12.3. The van der Waals surface area contributed by atoms with E-state index in [1.165, 1.54) is 6.07 Å². The molecule has 0 fully saturated rings. The van der Waals surface area contributed by atoms with Crippen molar-refractivity contribution < 1.29 is 8.82 Å². The van der Waals surface area contributed by atoms with Crippen LogP contribution in [0.5, 0.6) is 5.75 Å². The minimum atomic E-state index is -1.94. The number of anilines is 1. The van der Waals surface area contributed by atoms with Gasteiger partial charge in [0, 0.05) is 11.3 Å². The summed E-state index contributed by atoms with van der Waals surface area (Å²) in [4.78, 5) is 0. The maximum Gasteiger partial charge on any atom is 0.250 e. The number of benzene rings is 2. The van der Waals surface area contributed by atoms with Crippen LogP contribution in [0.1, 0.15) is 26.3 Å². The van der Waals surface area contributed by atoms with Gasteiger partial charge in [-0.05, 0) is 60.4 Å². The van der Waals surface area contributed by atoms with Crippen molar-refractivity contribution in [2.75, 3.05) is 5.73 Å². The summed E-state index contributed by atoms with van der Waals surface area (Å²) in [5.41, 5.74) is 8.66. The van der Waals surface area contributed by atoms with E-state index >= 15 is 0 Å². The molecule has 0 unspecified atom stereocenters. The zero-order valence-corrected chi connectivity index (χ0v) is 15.8. The molecular weight excluding hydrogens is 305 g/mol. The maximum atomic E-state index is 14.2. The van der Waals surface area contributed by atoms with Gasteiger partial charge < -0.3 is 10.2 Å². The lowest BCUT2D eigenvalue weighted by atomic mass is 9.99. The van der Waals surface area contributed by atoms with Crippen molar-refractivity contribution in [3.8, 4) is 16.9 Å². The van der Waals surface area contributed by atoms with E-state index in [-0.39, 0.29) is 10.9 Å². The lowest BCUT2D eigenvalue weighted by Crippen LogP contribution is -2.44. The van der Waals surface area contributed by atoms with Crippen molar-refractivity contribution in [1.29, 1.82) is 0 Å². The van der Waals surface area contributed by atoms with Gasteiger partial charge in [-0.15, -0.1) is 0 Å². The first-order chi connectivity index (χ1) is 10.5. The molecule has 2 aromatic carbocycles. The number of hydrogen-bond acceptors (Lipinski definition) is 2. The van der Waals surface area contributed by atoms with E-state index in [2.05, 4.69) is 33.9 Å². The largest absolute Gasteiger partial charge is 0.543 e. The molecule has 23 heavy (non-hydrogen) atoms. The molecule has 0 atom stereocenters. The predicted molar refractivity (Wildman–Crippen MR) is 98.8 cm³/mol. The minimum Gasteiger partial charge on any atom is -0.543 e. The fourth-order valence-electron chi connectivity index (χ4n) is 2.19. The summed E-state index contributed by atoms with van der Waals surface area (Å²) >= 11 is 0. The van der Waals surface area contributed by atoms with Gasteiger partial charge in [0.2, 0.25) is 8.32 Å². The molecular formula is C19H26FNOSi. The van der Waals surface area contributed by atoms with E-state index in [1.54, 1.807) is 12.1 Å². The van der Waals surface area contributed by atoms with Crippen LogP contribution in [0.25, 0.3) is 11.1 Å². The molecule has 0 saturated carbocycles. The Morgan fingerprint density at radius 1 is 1.04 bits per heavy atom. The lowest BCUT2D eigenvalue weighted by Gasteiger charge is -2.37. The van der Waals surface area contributed by atoms with Crippen LogP contribution in [0.3, 0.4) is 0 Å². The SMILES string of the molecule is Cc1c(O[Si](C)(C)C(C)(C)C)cccc1-c1cc(N)ccc1F. The van der Waals surface area contributed by atoms with Gasteiger partial charge in [0.1, 0.15) is 11.6 Å². The van der Waals surface area contributed by atoms with E-state index < -0.39 is 8.32 Å². The summed E-state index contributed by atoms with van der Waals surface area (Å²) in [5.74, 6) is 0.558. The molecule has 2 N–H and O–H groups in total. The molecule has 2 aromatic rings. The molecule has 0 saturated heterocycles. The molecule has 2 rings (SSSR count). The highest BCUT2D eigenvalue weighted by atomic mass is 28.4. The summed E-state index contributed by atoms with van der Waals surface area (Å²) in [6, 6.07) is 10.4. The molecule has 0 aliphatic heterocycles. The number of hydrogen-bond donors (Lipinski definition) is 1. The molecule has 0 aliphatic rings. The Morgan fingerprint density at radius 2 is 1.70 bits per heavy atom.